The number of benzene rings is 8. The van der Waals surface area contributed by atoms with Crippen molar-refractivity contribution in [3.05, 3.63) is 169 Å². The molecular weight excluding hydrogens is 579 g/mol. The summed E-state index contributed by atoms with van der Waals surface area (Å²) < 4.78 is 0. The first-order valence-electron chi connectivity index (χ1n) is 17.2. The zero-order chi connectivity index (χ0) is 32.5. The van der Waals surface area contributed by atoms with Crippen LogP contribution in [0.25, 0.3) is 76.5 Å². The highest BCUT2D eigenvalue weighted by molar-refractivity contribution is 6.24. The molecule has 0 unspecified atom stereocenters. The van der Waals surface area contributed by atoms with Crippen LogP contribution in [0.3, 0.4) is 0 Å². The molecule has 0 radical (unpaired) electrons. The topological polar surface area (TPSA) is 12.0 Å². The quantitative estimate of drug-likeness (QED) is 0.132. The van der Waals surface area contributed by atoms with Crippen molar-refractivity contribution in [1.29, 1.82) is 0 Å². The van der Waals surface area contributed by atoms with Gasteiger partial charge in [-0.1, -0.05) is 153 Å². The van der Waals surface area contributed by atoms with Gasteiger partial charge in [-0.25, -0.2) is 0 Å². The minimum Gasteiger partial charge on any atom is -0.391 e. The lowest BCUT2D eigenvalue weighted by molar-refractivity contribution is 0.832. The third-order valence-electron chi connectivity index (χ3n) is 9.86. The van der Waals surface area contributed by atoms with Gasteiger partial charge in [-0.3, -0.25) is 0 Å². The standard InChI is InChI=1S/C47H39N/c1-3-28-48-29-27-33-13-5-6-14-37(33)38-19-11-21-40-39(38)20-12-22-41(40)47-44-17-9-7-15-42(44)46(43-16-8-10-18-45(43)47)36-26-25-34-30-32(4-2)23-24-35(34)31-36/h3,5-26,28,30-31,48H,4,27,29H2,1-2H3/b28-3-. The van der Waals surface area contributed by atoms with E-state index < -0.39 is 0 Å². The average molecular weight is 618 g/mol. The molecule has 0 heterocycles. The maximum Gasteiger partial charge on any atom is 0.0182 e. The molecule has 0 aliphatic rings. The van der Waals surface area contributed by atoms with Crippen molar-refractivity contribution in [2.45, 2.75) is 26.7 Å². The van der Waals surface area contributed by atoms with E-state index in [1.165, 1.54) is 87.6 Å². The molecule has 0 saturated heterocycles. The van der Waals surface area contributed by atoms with Gasteiger partial charge < -0.3 is 5.32 Å². The van der Waals surface area contributed by atoms with E-state index in [0.29, 0.717) is 0 Å². The number of allylic oxidation sites excluding steroid dienone is 1. The van der Waals surface area contributed by atoms with Gasteiger partial charge in [0.2, 0.25) is 0 Å². The van der Waals surface area contributed by atoms with Crippen LogP contribution in [0.4, 0.5) is 0 Å². The summed E-state index contributed by atoms with van der Waals surface area (Å²) in [6, 6.07) is 54.3. The Morgan fingerprint density at radius 2 is 1.06 bits per heavy atom. The lowest BCUT2D eigenvalue weighted by atomic mass is 9.83. The van der Waals surface area contributed by atoms with Gasteiger partial charge in [0.05, 0.1) is 0 Å². The number of hydrogen-bond acceptors (Lipinski definition) is 1. The van der Waals surface area contributed by atoms with Gasteiger partial charge in [0.1, 0.15) is 0 Å². The van der Waals surface area contributed by atoms with Crippen LogP contribution in [0.2, 0.25) is 0 Å². The van der Waals surface area contributed by atoms with Crippen molar-refractivity contribution in [3.8, 4) is 33.4 Å². The van der Waals surface area contributed by atoms with Crippen LogP contribution in [0.5, 0.6) is 0 Å². The van der Waals surface area contributed by atoms with Crippen LogP contribution < -0.4 is 5.32 Å². The Morgan fingerprint density at radius 1 is 0.500 bits per heavy atom. The molecule has 0 aliphatic carbocycles. The number of fused-ring (bicyclic) bond motifs is 4. The lowest BCUT2D eigenvalue weighted by Gasteiger charge is -2.20. The molecule has 0 atom stereocenters. The van der Waals surface area contributed by atoms with Gasteiger partial charge in [0.15, 0.2) is 0 Å². The zero-order valence-electron chi connectivity index (χ0n) is 27.6. The molecule has 0 amide bonds. The summed E-state index contributed by atoms with van der Waals surface area (Å²) in [7, 11) is 0. The predicted molar refractivity (Wildman–Crippen MR) is 209 cm³/mol. The maximum absolute atomic E-state index is 3.41. The zero-order valence-corrected chi connectivity index (χ0v) is 27.6. The molecule has 0 saturated carbocycles. The Balaban J connectivity index is 1.35. The highest BCUT2D eigenvalue weighted by Crippen LogP contribution is 2.46. The lowest BCUT2D eigenvalue weighted by Crippen LogP contribution is -2.10. The number of rotatable bonds is 8. The van der Waals surface area contributed by atoms with E-state index in [-0.39, 0.29) is 0 Å². The summed E-state index contributed by atoms with van der Waals surface area (Å²) in [5.74, 6) is 0. The SMILES string of the molecule is C/C=C\NCCc1ccccc1-c1cccc2c(-c3c4ccccc4c(-c4ccc5cc(CC)ccc5c4)c4ccccc34)cccc12. The van der Waals surface area contributed by atoms with E-state index in [9.17, 15) is 0 Å². The maximum atomic E-state index is 3.41. The van der Waals surface area contributed by atoms with E-state index in [1.54, 1.807) is 0 Å². The van der Waals surface area contributed by atoms with Crippen molar-refractivity contribution in [3.63, 3.8) is 0 Å². The third kappa shape index (κ3) is 5.22. The van der Waals surface area contributed by atoms with Gasteiger partial charge in [0.25, 0.3) is 0 Å². The Kier molecular flexibility index (Phi) is 7.96. The minimum absolute atomic E-state index is 0.901. The molecule has 8 rings (SSSR count). The minimum atomic E-state index is 0.901. The number of aryl methyl sites for hydroxylation is 1. The molecule has 1 heteroatoms. The van der Waals surface area contributed by atoms with E-state index in [1.807, 2.05) is 19.2 Å². The Bertz CT molecular complexity index is 2420. The summed E-state index contributed by atoms with van der Waals surface area (Å²) in [5.41, 5.74) is 10.4. The number of hydrogen-bond donors (Lipinski definition) is 1. The molecule has 0 aromatic heterocycles. The van der Waals surface area contributed by atoms with Crippen LogP contribution >= 0.6 is 0 Å². The van der Waals surface area contributed by atoms with Gasteiger partial charge >= 0.3 is 0 Å². The first-order chi connectivity index (χ1) is 23.7. The van der Waals surface area contributed by atoms with E-state index in [2.05, 4.69) is 158 Å². The first kappa shape index (κ1) is 29.7. The van der Waals surface area contributed by atoms with Crippen LogP contribution in [0.1, 0.15) is 25.0 Å². The monoisotopic (exact) mass is 617 g/mol. The largest absolute Gasteiger partial charge is 0.391 e. The molecular formula is C47H39N. The summed E-state index contributed by atoms with van der Waals surface area (Å²) in [6.07, 6.45) is 6.07. The van der Waals surface area contributed by atoms with Gasteiger partial charge in [-0.15, -0.1) is 0 Å². The second-order valence-corrected chi connectivity index (χ2v) is 12.7. The van der Waals surface area contributed by atoms with Crippen molar-refractivity contribution in [1.82, 2.24) is 5.32 Å². The molecule has 0 fully saturated rings. The first-order valence-corrected chi connectivity index (χ1v) is 17.2. The molecule has 232 valence electrons. The second-order valence-electron chi connectivity index (χ2n) is 12.7. The van der Waals surface area contributed by atoms with Crippen LogP contribution in [-0.2, 0) is 12.8 Å². The Morgan fingerprint density at radius 3 is 1.77 bits per heavy atom. The molecule has 0 bridgehead atoms. The Labute approximate surface area is 283 Å². The fourth-order valence-electron chi connectivity index (χ4n) is 7.57. The van der Waals surface area contributed by atoms with Crippen molar-refractivity contribution >= 4 is 43.1 Å². The molecule has 8 aromatic rings. The number of nitrogens with one attached hydrogen (secondary N) is 1. The molecule has 0 spiro atoms. The van der Waals surface area contributed by atoms with Crippen LogP contribution in [-0.4, -0.2) is 6.54 Å². The van der Waals surface area contributed by atoms with E-state index in [0.717, 1.165) is 19.4 Å². The molecule has 8 aromatic carbocycles. The third-order valence-corrected chi connectivity index (χ3v) is 9.86. The van der Waals surface area contributed by atoms with Crippen molar-refractivity contribution in [2.75, 3.05) is 6.54 Å². The molecule has 48 heavy (non-hydrogen) atoms. The van der Waals surface area contributed by atoms with Crippen molar-refractivity contribution < 1.29 is 0 Å². The fourth-order valence-corrected chi connectivity index (χ4v) is 7.57. The fraction of sp³-hybridized carbons (Fsp3) is 0.106. The average Bonchev–Trinajstić information content (AvgIpc) is 3.15. The smallest absolute Gasteiger partial charge is 0.0182 e. The normalized spacial score (nSPS) is 11.7. The van der Waals surface area contributed by atoms with Gasteiger partial charge in [-0.2, -0.15) is 0 Å². The van der Waals surface area contributed by atoms with Gasteiger partial charge in [0, 0.05) is 6.54 Å². The predicted octanol–water partition coefficient (Wildman–Crippen LogP) is 12.5. The van der Waals surface area contributed by atoms with Crippen LogP contribution in [0, 0.1) is 0 Å². The summed E-state index contributed by atoms with van der Waals surface area (Å²) in [5, 5.41) is 13.7. The summed E-state index contributed by atoms with van der Waals surface area (Å²) in [4.78, 5) is 0. The van der Waals surface area contributed by atoms with E-state index in [4.69, 9.17) is 0 Å². The highest BCUT2D eigenvalue weighted by atomic mass is 14.8. The van der Waals surface area contributed by atoms with Crippen molar-refractivity contribution in [2.24, 2.45) is 0 Å². The van der Waals surface area contributed by atoms with Gasteiger partial charge in [-0.05, 0) is 120 Å². The molecule has 1 nitrogen and oxygen atoms in total. The van der Waals surface area contributed by atoms with Crippen LogP contribution in [0.15, 0.2) is 158 Å². The highest BCUT2D eigenvalue weighted by Gasteiger charge is 2.19. The Hall–Kier alpha value is -5.66. The molecule has 1 N–H and O–H groups in total. The second kappa shape index (κ2) is 12.9. The van der Waals surface area contributed by atoms with E-state index >= 15 is 0 Å². The summed E-state index contributed by atoms with van der Waals surface area (Å²) in [6.45, 7) is 5.16. The summed E-state index contributed by atoms with van der Waals surface area (Å²) >= 11 is 0. The molecule has 0 aliphatic heterocycles.